The van der Waals surface area contributed by atoms with Gasteiger partial charge in [-0.1, -0.05) is 5.16 Å². The molecule has 0 aliphatic heterocycles. The van der Waals surface area contributed by atoms with Gasteiger partial charge in [0.1, 0.15) is 5.82 Å². The Morgan fingerprint density at radius 2 is 1.94 bits per heavy atom. The van der Waals surface area contributed by atoms with E-state index < -0.39 is 17.6 Å². The van der Waals surface area contributed by atoms with Gasteiger partial charge in [-0.25, -0.2) is 4.39 Å². The van der Waals surface area contributed by atoms with E-state index in [9.17, 15) is 17.6 Å². The fourth-order valence-electron chi connectivity index (χ4n) is 1.29. The van der Waals surface area contributed by atoms with E-state index in [1.54, 1.807) is 6.92 Å². The summed E-state index contributed by atoms with van der Waals surface area (Å²) in [6, 6.07) is 2.44. The van der Waals surface area contributed by atoms with Crippen LogP contribution in [-0.4, -0.2) is 10.1 Å². The van der Waals surface area contributed by atoms with Gasteiger partial charge in [0.2, 0.25) is 0 Å². The topological polar surface area (TPSA) is 38.9 Å². The second-order valence-electron chi connectivity index (χ2n) is 3.34. The summed E-state index contributed by atoms with van der Waals surface area (Å²) in [4.78, 5) is 3.79. The first-order chi connectivity index (χ1) is 7.88. The van der Waals surface area contributed by atoms with Crippen LogP contribution in [0.1, 0.15) is 11.4 Å². The minimum atomic E-state index is -4.71. The number of alkyl halides is 3. The van der Waals surface area contributed by atoms with Crippen molar-refractivity contribution in [2.45, 2.75) is 13.1 Å². The van der Waals surface area contributed by atoms with E-state index in [0.717, 1.165) is 12.1 Å². The van der Waals surface area contributed by atoms with Crippen LogP contribution in [-0.2, 0) is 6.18 Å². The van der Waals surface area contributed by atoms with Crippen molar-refractivity contribution in [1.82, 2.24) is 10.1 Å². The number of halogens is 4. The minimum absolute atomic E-state index is 0.0184. The van der Waals surface area contributed by atoms with Crippen molar-refractivity contribution in [2.24, 2.45) is 0 Å². The molecule has 0 amide bonds. The maximum Gasteiger partial charge on any atom is 0.419 e. The van der Waals surface area contributed by atoms with E-state index in [-0.39, 0.29) is 11.5 Å². The van der Waals surface area contributed by atoms with Gasteiger partial charge in [0.25, 0.3) is 5.89 Å². The standard InChI is InChI=1S/C10H6F4N2O/c1-5-15-9(17-16-5)6-2-3-7(8(11)4-6)10(12,13)14/h2-4H,1H3. The summed E-state index contributed by atoms with van der Waals surface area (Å²) in [7, 11) is 0. The highest BCUT2D eigenvalue weighted by Gasteiger charge is 2.34. The van der Waals surface area contributed by atoms with Crippen molar-refractivity contribution >= 4 is 0 Å². The molecule has 2 aromatic rings. The summed E-state index contributed by atoms with van der Waals surface area (Å²) in [5.41, 5.74) is -1.21. The lowest BCUT2D eigenvalue weighted by Crippen LogP contribution is -2.07. The Kier molecular flexibility index (Phi) is 2.60. The molecule has 0 spiro atoms. The van der Waals surface area contributed by atoms with Crippen LogP contribution < -0.4 is 0 Å². The molecule has 0 aliphatic rings. The SMILES string of the molecule is Cc1noc(-c2ccc(C(F)(F)F)c(F)c2)n1. The van der Waals surface area contributed by atoms with Crippen LogP contribution in [0.4, 0.5) is 17.6 Å². The fourth-order valence-corrected chi connectivity index (χ4v) is 1.29. The molecule has 0 radical (unpaired) electrons. The molecule has 0 saturated heterocycles. The number of nitrogens with zero attached hydrogens (tertiary/aromatic N) is 2. The minimum Gasteiger partial charge on any atom is -0.334 e. The number of aromatic nitrogens is 2. The van der Waals surface area contributed by atoms with Crippen molar-refractivity contribution < 1.29 is 22.1 Å². The smallest absolute Gasteiger partial charge is 0.334 e. The van der Waals surface area contributed by atoms with Gasteiger partial charge >= 0.3 is 6.18 Å². The summed E-state index contributed by atoms with van der Waals surface area (Å²) in [6.45, 7) is 1.55. The zero-order valence-corrected chi connectivity index (χ0v) is 8.55. The summed E-state index contributed by atoms with van der Waals surface area (Å²) < 4.78 is 54.8. The average molecular weight is 246 g/mol. The molecule has 90 valence electrons. The Morgan fingerprint density at radius 3 is 2.41 bits per heavy atom. The van der Waals surface area contributed by atoms with Crippen molar-refractivity contribution in [3.63, 3.8) is 0 Å². The third-order valence-electron chi connectivity index (χ3n) is 2.05. The number of hydrogen-bond acceptors (Lipinski definition) is 3. The molecule has 7 heteroatoms. The molecule has 17 heavy (non-hydrogen) atoms. The molecule has 1 aromatic carbocycles. The van der Waals surface area contributed by atoms with Crippen molar-refractivity contribution in [3.8, 4) is 11.5 Å². The van der Waals surface area contributed by atoms with Gasteiger partial charge in [-0.3, -0.25) is 0 Å². The van der Waals surface area contributed by atoms with E-state index in [4.69, 9.17) is 4.52 Å². The van der Waals surface area contributed by atoms with Crippen molar-refractivity contribution in [2.75, 3.05) is 0 Å². The number of aryl methyl sites for hydroxylation is 1. The molecule has 1 heterocycles. The van der Waals surface area contributed by atoms with Crippen LogP contribution in [0.5, 0.6) is 0 Å². The van der Waals surface area contributed by atoms with Crippen molar-refractivity contribution in [3.05, 3.63) is 35.4 Å². The molecular formula is C10H6F4N2O. The number of rotatable bonds is 1. The molecule has 1 aromatic heterocycles. The van der Waals surface area contributed by atoms with Gasteiger partial charge in [0.15, 0.2) is 5.82 Å². The molecule has 0 atom stereocenters. The Balaban J connectivity index is 2.44. The average Bonchev–Trinajstić information content (AvgIpc) is 2.62. The lowest BCUT2D eigenvalue weighted by atomic mass is 10.1. The molecule has 0 bridgehead atoms. The van der Waals surface area contributed by atoms with Crippen molar-refractivity contribution in [1.29, 1.82) is 0 Å². The molecule has 0 unspecified atom stereocenters. The summed E-state index contributed by atoms with van der Waals surface area (Å²) >= 11 is 0. The quantitative estimate of drug-likeness (QED) is 0.725. The summed E-state index contributed by atoms with van der Waals surface area (Å²) in [5.74, 6) is -1.07. The Bertz CT molecular complexity index is 547. The van der Waals surface area contributed by atoms with Gasteiger partial charge in [0, 0.05) is 5.56 Å². The molecule has 0 N–H and O–H groups in total. The van der Waals surface area contributed by atoms with Gasteiger partial charge in [-0.2, -0.15) is 18.2 Å². The zero-order valence-electron chi connectivity index (χ0n) is 8.55. The van der Waals surface area contributed by atoms with Gasteiger partial charge in [-0.05, 0) is 25.1 Å². The lowest BCUT2D eigenvalue weighted by molar-refractivity contribution is -0.139. The van der Waals surface area contributed by atoms with Gasteiger partial charge < -0.3 is 4.52 Å². The molecule has 3 nitrogen and oxygen atoms in total. The molecule has 2 rings (SSSR count). The van der Waals surface area contributed by atoms with Gasteiger partial charge in [-0.15, -0.1) is 0 Å². The molecular weight excluding hydrogens is 240 g/mol. The predicted molar refractivity (Wildman–Crippen MR) is 49.4 cm³/mol. The Hall–Kier alpha value is -1.92. The first kappa shape index (κ1) is 11.6. The fraction of sp³-hybridized carbons (Fsp3) is 0.200. The van der Waals surface area contributed by atoms with E-state index in [0.29, 0.717) is 11.9 Å². The molecule has 0 saturated carbocycles. The molecule has 0 fully saturated rings. The lowest BCUT2D eigenvalue weighted by Gasteiger charge is -2.07. The largest absolute Gasteiger partial charge is 0.419 e. The third kappa shape index (κ3) is 2.27. The second-order valence-corrected chi connectivity index (χ2v) is 3.34. The van der Waals surface area contributed by atoms with Crippen LogP contribution in [0.3, 0.4) is 0 Å². The first-order valence-corrected chi connectivity index (χ1v) is 4.55. The number of hydrogen-bond donors (Lipinski definition) is 0. The Morgan fingerprint density at radius 1 is 1.24 bits per heavy atom. The van der Waals surface area contributed by atoms with Gasteiger partial charge in [0.05, 0.1) is 5.56 Å². The highest BCUT2D eigenvalue weighted by molar-refractivity contribution is 5.53. The summed E-state index contributed by atoms with van der Waals surface area (Å²) in [6.07, 6.45) is -4.71. The van der Waals surface area contributed by atoms with E-state index >= 15 is 0 Å². The molecule has 0 aliphatic carbocycles. The van der Waals surface area contributed by atoms with Crippen LogP contribution in [0.2, 0.25) is 0 Å². The highest BCUT2D eigenvalue weighted by atomic mass is 19.4. The van der Waals surface area contributed by atoms with Crippen LogP contribution in [0.25, 0.3) is 11.5 Å². The summed E-state index contributed by atoms with van der Waals surface area (Å²) in [5, 5.41) is 3.46. The predicted octanol–water partition coefficient (Wildman–Crippen LogP) is 3.20. The van der Waals surface area contributed by atoms with E-state index in [1.165, 1.54) is 0 Å². The van der Waals surface area contributed by atoms with Crippen LogP contribution in [0.15, 0.2) is 22.7 Å². The second kappa shape index (κ2) is 3.83. The zero-order chi connectivity index (χ0) is 12.6. The normalized spacial score (nSPS) is 11.8. The monoisotopic (exact) mass is 246 g/mol. The third-order valence-corrected chi connectivity index (χ3v) is 2.05. The first-order valence-electron chi connectivity index (χ1n) is 4.55. The number of benzene rings is 1. The van der Waals surface area contributed by atoms with E-state index in [1.807, 2.05) is 0 Å². The maximum atomic E-state index is 13.2. The Labute approximate surface area is 93.1 Å². The van der Waals surface area contributed by atoms with E-state index in [2.05, 4.69) is 10.1 Å². The van der Waals surface area contributed by atoms with Crippen LogP contribution in [0, 0.1) is 12.7 Å². The van der Waals surface area contributed by atoms with Crippen LogP contribution >= 0.6 is 0 Å². The highest BCUT2D eigenvalue weighted by Crippen LogP contribution is 2.33. The maximum absolute atomic E-state index is 13.2.